The summed E-state index contributed by atoms with van der Waals surface area (Å²) in [6.45, 7) is 23.6. The highest BCUT2D eigenvalue weighted by atomic mass is 15.1. The van der Waals surface area contributed by atoms with E-state index in [2.05, 4.69) is 286 Å². The van der Waals surface area contributed by atoms with Crippen LogP contribution in [0.4, 0.5) is 17.1 Å². The van der Waals surface area contributed by atoms with Gasteiger partial charge in [-0.2, -0.15) is 0 Å². The fraction of sp³-hybridized carbons (Fsp3) is 0.200. The van der Waals surface area contributed by atoms with Crippen LogP contribution in [-0.2, 0) is 27.1 Å². The topological polar surface area (TPSA) is 3.24 Å². The second kappa shape index (κ2) is 16.0. The molecule has 0 aliphatic heterocycles. The Morgan fingerprint density at radius 2 is 0.711 bits per heavy atom. The quantitative estimate of drug-likeness (QED) is 0.166. The number of para-hydroxylation sites is 1. The molecule has 1 nitrogen and oxygen atoms in total. The van der Waals surface area contributed by atoms with Crippen molar-refractivity contribution in [3.8, 4) is 66.8 Å². The first kappa shape index (κ1) is 46.5. The van der Waals surface area contributed by atoms with Crippen molar-refractivity contribution in [2.45, 2.75) is 96.3 Å². The Kier molecular flexibility index (Phi) is 9.80. The molecule has 1 spiro atoms. The van der Waals surface area contributed by atoms with Crippen LogP contribution in [0.2, 0.25) is 0 Å². The Morgan fingerprint density at radius 1 is 0.289 bits per heavy atom. The molecule has 0 fully saturated rings. The Morgan fingerprint density at radius 3 is 1.34 bits per heavy atom. The smallest absolute Gasteiger partial charge is 0.0726 e. The highest BCUT2D eigenvalue weighted by Crippen LogP contribution is 2.65. The lowest BCUT2D eigenvalue weighted by atomic mass is 9.68. The van der Waals surface area contributed by atoms with E-state index in [-0.39, 0.29) is 21.7 Å². The number of anilines is 3. The van der Waals surface area contributed by atoms with Gasteiger partial charge in [-0.1, -0.05) is 245 Å². The monoisotopic (exact) mass is 980 g/mol. The lowest BCUT2D eigenvalue weighted by Crippen LogP contribution is -2.27. The zero-order valence-electron chi connectivity index (χ0n) is 45.7. The second-order valence-electron chi connectivity index (χ2n) is 25.3. The van der Waals surface area contributed by atoms with Crippen LogP contribution in [0, 0.1) is 0 Å². The number of benzene rings is 10. The summed E-state index contributed by atoms with van der Waals surface area (Å²) in [5.41, 5.74) is 31.8. The fourth-order valence-electron chi connectivity index (χ4n) is 14.2. The van der Waals surface area contributed by atoms with Crippen LogP contribution < -0.4 is 4.90 Å². The average molecular weight is 980 g/mol. The van der Waals surface area contributed by atoms with Gasteiger partial charge in [0.1, 0.15) is 0 Å². The van der Waals surface area contributed by atoms with Gasteiger partial charge in [-0.15, -0.1) is 0 Å². The highest BCUT2D eigenvalue weighted by molar-refractivity contribution is 6.00. The van der Waals surface area contributed by atoms with Gasteiger partial charge in [0, 0.05) is 27.8 Å². The van der Waals surface area contributed by atoms with Gasteiger partial charge in [-0.05, 0) is 164 Å². The molecule has 0 unspecified atom stereocenters. The third-order valence-corrected chi connectivity index (χ3v) is 18.2. The molecule has 10 aromatic carbocycles. The number of hydrogen-bond donors (Lipinski definition) is 0. The van der Waals surface area contributed by atoms with Crippen LogP contribution in [-0.4, -0.2) is 0 Å². The van der Waals surface area contributed by atoms with Crippen molar-refractivity contribution in [2.24, 2.45) is 0 Å². The van der Waals surface area contributed by atoms with Gasteiger partial charge in [0.2, 0.25) is 0 Å². The molecule has 0 saturated heterocycles. The third kappa shape index (κ3) is 6.45. The first-order chi connectivity index (χ1) is 36.5. The van der Waals surface area contributed by atoms with Gasteiger partial charge in [0.25, 0.3) is 0 Å². The standard InChI is InChI=1S/C75H65N/c1-71(2,3)48-33-39-55-56-40-34-49(72(4,5)6)44-67(56)75(66(55)43-48)63-27-17-12-21-53(63)57-41-37-51(45-68(57)75)76(50-35-30-46(31-36-50)47-32-38-54-52-20-11-15-25-61(52)74(9,10)65(54)42-47)69-29-18-14-22-58(69)59-24-19-28-64-70(59)60-23-13-16-26-62(60)73(64,7)8/h11-45H,1-10H3. The van der Waals surface area contributed by atoms with E-state index in [1.165, 1.54) is 122 Å². The number of rotatable bonds is 5. The molecule has 0 radical (unpaired) electrons. The molecule has 14 rings (SSSR count). The van der Waals surface area contributed by atoms with Gasteiger partial charge in [0.15, 0.2) is 0 Å². The van der Waals surface area contributed by atoms with Crippen molar-refractivity contribution < 1.29 is 0 Å². The third-order valence-electron chi connectivity index (χ3n) is 18.2. The zero-order valence-corrected chi connectivity index (χ0v) is 45.7. The lowest BCUT2D eigenvalue weighted by molar-refractivity contribution is 0.586. The Labute approximate surface area is 450 Å². The number of fused-ring (bicyclic) bond motifs is 16. The SMILES string of the molecule is CC(C)(C)c1ccc2c(c1)C1(c3ccccc3-c3ccc(N(c4ccc(-c5ccc6c(c5)C(C)(C)c5ccccc5-6)cc4)c4ccccc4-c4cccc5c4-c4ccccc4C5(C)C)cc31)c1cc(C(C)(C)C)ccc1-2. The van der Waals surface area contributed by atoms with Crippen LogP contribution in [0.5, 0.6) is 0 Å². The Bertz CT molecular complexity index is 4000. The van der Waals surface area contributed by atoms with E-state index < -0.39 is 5.41 Å². The van der Waals surface area contributed by atoms with E-state index >= 15 is 0 Å². The van der Waals surface area contributed by atoms with Crippen molar-refractivity contribution >= 4 is 17.1 Å². The lowest BCUT2D eigenvalue weighted by Gasteiger charge is -2.34. The summed E-state index contributed by atoms with van der Waals surface area (Å²) < 4.78 is 0. The summed E-state index contributed by atoms with van der Waals surface area (Å²) in [5.74, 6) is 0. The molecule has 0 aromatic heterocycles. The predicted molar refractivity (Wildman–Crippen MR) is 321 cm³/mol. The molecule has 0 amide bonds. The molecule has 0 saturated carbocycles. The fourth-order valence-corrected chi connectivity index (χ4v) is 14.2. The van der Waals surface area contributed by atoms with Gasteiger partial charge in [-0.3, -0.25) is 0 Å². The highest BCUT2D eigenvalue weighted by Gasteiger charge is 2.53. The Balaban J connectivity index is 1.01. The summed E-state index contributed by atoms with van der Waals surface area (Å²) in [6, 6.07) is 82.0. The largest absolute Gasteiger partial charge is 0.310 e. The van der Waals surface area contributed by atoms with E-state index in [0.29, 0.717) is 0 Å². The van der Waals surface area contributed by atoms with Gasteiger partial charge >= 0.3 is 0 Å². The molecule has 0 bridgehead atoms. The number of hydrogen-bond acceptors (Lipinski definition) is 1. The van der Waals surface area contributed by atoms with Crippen LogP contribution >= 0.6 is 0 Å². The predicted octanol–water partition coefficient (Wildman–Crippen LogP) is 20.0. The average Bonchev–Trinajstić information content (AvgIpc) is 4.16. The first-order valence-electron chi connectivity index (χ1n) is 27.5. The van der Waals surface area contributed by atoms with Crippen LogP contribution in [0.25, 0.3) is 66.8 Å². The van der Waals surface area contributed by atoms with Crippen LogP contribution in [0.15, 0.2) is 212 Å². The molecule has 1 heteroatoms. The molecule has 0 atom stereocenters. The summed E-state index contributed by atoms with van der Waals surface area (Å²) in [7, 11) is 0. The van der Waals surface area contributed by atoms with E-state index in [1.54, 1.807) is 0 Å². The summed E-state index contributed by atoms with van der Waals surface area (Å²) in [5, 5.41) is 0. The molecule has 0 heterocycles. The maximum atomic E-state index is 2.57. The van der Waals surface area contributed by atoms with Gasteiger partial charge < -0.3 is 4.90 Å². The summed E-state index contributed by atoms with van der Waals surface area (Å²) >= 11 is 0. The normalized spacial score (nSPS) is 15.3. The maximum Gasteiger partial charge on any atom is 0.0726 e. The molecular formula is C75H65N. The van der Waals surface area contributed by atoms with E-state index in [4.69, 9.17) is 0 Å². The van der Waals surface area contributed by atoms with Crippen molar-refractivity contribution in [3.05, 3.63) is 268 Å². The molecule has 76 heavy (non-hydrogen) atoms. The van der Waals surface area contributed by atoms with Crippen molar-refractivity contribution in [1.82, 2.24) is 0 Å². The molecule has 4 aliphatic rings. The molecule has 370 valence electrons. The van der Waals surface area contributed by atoms with Crippen LogP contribution in [0.3, 0.4) is 0 Å². The van der Waals surface area contributed by atoms with E-state index in [1.807, 2.05) is 0 Å². The van der Waals surface area contributed by atoms with Gasteiger partial charge in [-0.25, -0.2) is 0 Å². The summed E-state index contributed by atoms with van der Waals surface area (Å²) in [6.07, 6.45) is 0. The van der Waals surface area contributed by atoms with Crippen LogP contribution in [0.1, 0.15) is 125 Å². The van der Waals surface area contributed by atoms with Crippen molar-refractivity contribution in [1.29, 1.82) is 0 Å². The molecule has 10 aromatic rings. The molecule has 4 aliphatic carbocycles. The summed E-state index contributed by atoms with van der Waals surface area (Å²) in [4.78, 5) is 2.55. The number of nitrogens with zero attached hydrogens (tertiary/aromatic N) is 1. The minimum absolute atomic E-state index is 0.0363. The zero-order chi connectivity index (χ0) is 52.3. The van der Waals surface area contributed by atoms with Gasteiger partial charge in [0.05, 0.1) is 11.1 Å². The minimum Gasteiger partial charge on any atom is -0.310 e. The van der Waals surface area contributed by atoms with E-state index in [9.17, 15) is 0 Å². The van der Waals surface area contributed by atoms with Crippen molar-refractivity contribution in [3.63, 3.8) is 0 Å². The molecule has 0 N–H and O–H groups in total. The van der Waals surface area contributed by atoms with E-state index in [0.717, 1.165) is 17.1 Å². The van der Waals surface area contributed by atoms with Crippen molar-refractivity contribution in [2.75, 3.05) is 4.90 Å². The first-order valence-corrected chi connectivity index (χ1v) is 27.5. The molecular weight excluding hydrogens is 915 g/mol. The Hall–Kier alpha value is -8.00. The second-order valence-corrected chi connectivity index (χ2v) is 25.3. The maximum absolute atomic E-state index is 2.57. The minimum atomic E-state index is -0.541.